The van der Waals surface area contributed by atoms with Crippen LogP contribution in [0.3, 0.4) is 0 Å². The van der Waals surface area contributed by atoms with Gasteiger partial charge in [0.1, 0.15) is 23.5 Å². The lowest BCUT2D eigenvalue weighted by molar-refractivity contribution is -0.153. The monoisotopic (exact) mass is 443 g/mol. The number of rotatable bonds is 5. The van der Waals surface area contributed by atoms with Crippen molar-refractivity contribution in [2.24, 2.45) is 0 Å². The fourth-order valence-electron chi connectivity index (χ4n) is 2.74. The van der Waals surface area contributed by atoms with Gasteiger partial charge in [-0.3, -0.25) is 13.9 Å². The SMILES string of the molecule is COC(=O)c1cc(N2CCCCS2(=O)=O)nc(C(=O)NCC(=O)OC(C)(C)C)c1O. The second kappa shape index (κ2) is 8.86. The Labute approximate surface area is 174 Å². The highest BCUT2D eigenvalue weighted by atomic mass is 32.2. The molecule has 1 aromatic rings. The minimum Gasteiger partial charge on any atom is -0.505 e. The number of amides is 1. The molecule has 0 saturated carbocycles. The Balaban J connectivity index is 2.39. The van der Waals surface area contributed by atoms with Crippen molar-refractivity contribution in [2.75, 3.05) is 30.3 Å². The van der Waals surface area contributed by atoms with Crippen LogP contribution in [0.25, 0.3) is 0 Å². The topological polar surface area (TPSA) is 152 Å². The largest absolute Gasteiger partial charge is 0.505 e. The van der Waals surface area contributed by atoms with Crippen LogP contribution < -0.4 is 9.62 Å². The third kappa shape index (κ3) is 5.59. The number of sulfonamides is 1. The van der Waals surface area contributed by atoms with Crippen molar-refractivity contribution in [2.45, 2.75) is 39.2 Å². The molecule has 1 aliphatic heterocycles. The molecule has 1 amide bonds. The molecule has 166 valence electrons. The van der Waals surface area contributed by atoms with Gasteiger partial charge < -0.3 is 19.9 Å². The highest BCUT2D eigenvalue weighted by Gasteiger charge is 2.31. The maximum Gasteiger partial charge on any atom is 0.341 e. The Morgan fingerprint density at radius 1 is 1.27 bits per heavy atom. The smallest absolute Gasteiger partial charge is 0.341 e. The normalized spacial score (nSPS) is 15.9. The zero-order valence-corrected chi connectivity index (χ0v) is 18.0. The van der Waals surface area contributed by atoms with Gasteiger partial charge in [-0.2, -0.15) is 0 Å². The second-order valence-corrected chi connectivity index (χ2v) is 9.59. The molecule has 2 heterocycles. The number of aromatic nitrogens is 1. The summed E-state index contributed by atoms with van der Waals surface area (Å²) >= 11 is 0. The number of ether oxygens (including phenoxy) is 2. The van der Waals surface area contributed by atoms with Crippen LogP contribution in [-0.2, 0) is 24.3 Å². The van der Waals surface area contributed by atoms with Gasteiger partial charge in [0.05, 0.1) is 12.9 Å². The fraction of sp³-hybridized carbons (Fsp3) is 0.556. The summed E-state index contributed by atoms with van der Waals surface area (Å²) in [6.45, 7) is 4.57. The molecule has 0 radical (unpaired) electrons. The van der Waals surface area contributed by atoms with Crippen LogP contribution in [0.1, 0.15) is 54.5 Å². The summed E-state index contributed by atoms with van der Waals surface area (Å²) in [5.41, 5.74) is -1.80. The standard InChI is InChI=1S/C18H25N3O8S/c1-18(2,3)29-13(22)10-19-16(24)14-15(23)11(17(25)28-4)9-12(20-14)21-7-5-6-8-30(21,26)27/h9,23H,5-8,10H2,1-4H3,(H,19,24). The first-order valence-corrected chi connectivity index (χ1v) is 10.8. The molecular formula is C18H25N3O8S. The van der Waals surface area contributed by atoms with Crippen LogP contribution in [0.4, 0.5) is 5.82 Å². The van der Waals surface area contributed by atoms with Gasteiger partial charge >= 0.3 is 11.9 Å². The molecule has 1 aliphatic rings. The number of nitrogens with one attached hydrogen (secondary N) is 1. The minimum absolute atomic E-state index is 0.108. The van der Waals surface area contributed by atoms with Gasteiger partial charge in [0, 0.05) is 12.6 Å². The number of hydrogen-bond acceptors (Lipinski definition) is 9. The molecular weight excluding hydrogens is 418 g/mol. The van der Waals surface area contributed by atoms with E-state index < -0.39 is 57.0 Å². The fourth-order valence-corrected chi connectivity index (χ4v) is 4.31. The van der Waals surface area contributed by atoms with Gasteiger partial charge in [-0.15, -0.1) is 0 Å². The summed E-state index contributed by atoms with van der Waals surface area (Å²) < 4.78 is 35.4. The molecule has 0 atom stereocenters. The number of anilines is 1. The number of carbonyl (C=O) groups excluding carboxylic acids is 3. The first kappa shape index (κ1) is 23.4. The summed E-state index contributed by atoms with van der Waals surface area (Å²) in [6.07, 6.45) is 1.04. The number of aromatic hydroxyl groups is 1. The Morgan fingerprint density at radius 2 is 1.93 bits per heavy atom. The van der Waals surface area contributed by atoms with Gasteiger partial charge in [0.15, 0.2) is 11.4 Å². The summed E-state index contributed by atoms with van der Waals surface area (Å²) in [6, 6.07) is 1.05. The predicted octanol–water partition coefficient (Wildman–Crippen LogP) is 0.575. The molecule has 11 nitrogen and oxygen atoms in total. The van der Waals surface area contributed by atoms with E-state index in [2.05, 4.69) is 15.0 Å². The molecule has 2 rings (SSSR count). The summed E-state index contributed by atoms with van der Waals surface area (Å²) in [7, 11) is -2.62. The first-order valence-electron chi connectivity index (χ1n) is 9.18. The minimum atomic E-state index is -3.70. The van der Waals surface area contributed by atoms with Crippen LogP contribution in [0.2, 0.25) is 0 Å². The molecule has 1 fully saturated rings. The predicted molar refractivity (Wildman–Crippen MR) is 106 cm³/mol. The van der Waals surface area contributed by atoms with Crippen LogP contribution in [0.5, 0.6) is 5.75 Å². The zero-order chi connectivity index (χ0) is 22.7. The summed E-state index contributed by atoms with van der Waals surface area (Å²) in [4.78, 5) is 40.3. The maximum atomic E-state index is 12.5. The van der Waals surface area contributed by atoms with E-state index in [4.69, 9.17) is 4.74 Å². The van der Waals surface area contributed by atoms with Gasteiger partial charge in [0.25, 0.3) is 5.91 Å². The second-order valence-electron chi connectivity index (χ2n) is 7.58. The Hall–Kier alpha value is -2.89. The first-order chi connectivity index (χ1) is 13.9. The summed E-state index contributed by atoms with van der Waals surface area (Å²) in [5, 5.41) is 12.6. The van der Waals surface area contributed by atoms with E-state index in [0.29, 0.717) is 12.8 Å². The van der Waals surface area contributed by atoms with Crippen molar-refractivity contribution < 1.29 is 37.4 Å². The molecule has 12 heteroatoms. The van der Waals surface area contributed by atoms with Crippen LogP contribution in [0.15, 0.2) is 6.07 Å². The highest BCUT2D eigenvalue weighted by molar-refractivity contribution is 7.92. The third-order valence-electron chi connectivity index (χ3n) is 4.02. The molecule has 0 aliphatic carbocycles. The van der Waals surface area contributed by atoms with Crippen LogP contribution in [0, 0.1) is 0 Å². The Kier molecular flexibility index (Phi) is 6.91. The third-order valence-corrected chi connectivity index (χ3v) is 5.86. The van der Waals surface area contributed by atoms with Gasteiger partial charge in [0.2, 0.25) is 10.0 Å². The van der Waals surface area contributed by atoms with Crippen molar-refractivity contribution in [3.8, 4) is 5.75 Å². The van der Waals surface area contributed by atoms with Crippen molar-refractivity contribution in [1.82, 2.24) is 10.3 Å². The van der Waals surface area contributed by atoms with E-state index in [1.165, 1.54) is 0 Å². The number of methoxy groups -OCH3 is 1. The molecule has 0 bridgehead atoms. The van der Waals surface area contributed by atoms with E-state index in [9.17, 15) is 27.9 Å². The van der Waals surface area contributed by atoms with E-state index in [1.54, 1.807) is 20.8 Å². The average molecular weight is 443 g/mol. The van der Waals surface area contributed by atoms with Crippen molar-refractivity contribution in [3.05, 3.63) is 17.3 Å². The van der Waals surface area contributed by atoms with E-state index in [0.717, 1.165) is 17.5 Å². The molecule has 0 aromatic carbocycles. The van der Waals surface area contributed by atoms with Gasteiger partial charge in [-0.1, -0.05) is 0 Å². The molecule has 1 saturated heterocycles. The molecule has 0 spiro atoms. The van der Waals surface area contributed by atoms with E-state index >= 15 is 0 Å². The van der Waals surface area contributed by atoms with Crippen LogP contribution in [-0.4, -0.2) is 67.9 Å². The lowest BCUT2D eigenvalue weighted by Gasteiger charge is -2.28. The number of nitrogens with zero attached hydrogens (tertiary/aromatic N) is 2. The quantitative estimate of drug-likeness (QED) is 0.622. The van der Waals surface area contributed by atoms with Gasteiger partial charge in [-0.25, -0.2) is 18.2 Å². The Bertz CT molecular complexity index is 953. The van der Waals surface area contributed by atoms with E-state index in [1.807, 2.05) is 0 Å². The number of pyridine rings is 1. The lowest BCUT2D eigenvalue weighted by atomic mass is 10.1. The van der Waals surface area contributed by atoms with Crippen LogP contribution >= 0.6 is 0 Å². The number of carbonyl (C=O) groups is 3. The lowest BCUT2D eigenvalue weighted by Crippen LogP contribution is -2.39. The van der Waals surface area contributed by atoms with E-state index in [-0.39, 0.29) is 18.1 Å². The summed E-state index contributed by atoms with van der Waals surface area (Å²) in [5.74, 6) is -3.79. The molecule has 2 N–H and O–H groups in total. The number of esters is 2. The molecule has 1 aromatic heterocycles. The maximum absolute atomic E-state index is 12.5. The Morgan fingerprint density at radius 3 is 2.50 bits per heavy atom. The van der Waals surface area contributed by atoms with Crippen molar-refractivity contribution in [1.29, 1.82) is 0 Å². The van der Waals surface area contributed by atoms with Crippen molar-refractivity contribution >= 4 is 33.7 Å². The zero-order valence-electron chi connectivity index (χ0n) is 17.2. The van der Waals surface area contributed by atoms with Crippen molar-refractivity contribution in [3.63, 3.8) is 0 Å². The highest BCUT2D eigenvalue weighted by Crippen LogP contribution is 2.29. The van der Waals surface area contributed by atoms with Gasteiger partial charge in [-0.05, 0) is 33.6 Å². The number of hydrogen-bond donors (Lipinski definition) is 2. The molecule has 0 unspecified atom stereocenters. The molecule has 30 heavy (non-hydrogen) atoms. The average Bonchev–Trinajstić information content (AvgIpc) is 2.64.